The molecule has 0 spiro atoms. The van der Waals surface area contributed by atoms with Gasteiger partial charge in [-0.15, -0.1) is 5.10 Å². The number of ether oxygens (including phenoxy) is 1. The maximum atomic E-state index is 12.5. The lowest BCUT2D eigenvalue weighted by molar-refractivity contribution is -0.123. The predicted octanol–water partition coefficient (Wildman–Crippen LogP) is 3.44. The fraction of sp³-hybridized carbons (Fsp3) is 0.200. The van der Waals surface area contributed by atoms with Gasteiger partial charge in [0.05, 0.1) is 13.5 Å². The first-order valence-corrected chi connectivity index (χ1v) is 9.30. The van der Waals surface area contributed by atoms with Crippen molar-refractivity contribution in [2.75, 3.05) is 17.7 Å². The van der Waals surface area contributed by atoms with E-state index in [1.54, 1.807) is 31.4 Å². The molecule has 2 N–H and O–H groups in total. The van der Waals surface area contributed by atoms with Crippen molar-refractivity contribution in [2.24, 2.45) is 0 Å². The number of methoxy groups -OCH3 is 1. The molecule has 0 saturated carbocycles. The van der Waals surface area contributed by atoms with Crippen LogP contribution in [0, 0.1) is 6.92 Å². The van der Waals surface area contributed by atoms with Crippen LogP contribution in [0.25, 0.3) is 11.4 Å². The number of fused-ring (bicyclic) bond motifs is 1. The molecule has 0 saturated heterocycles. The lowest BCUT2D eigenvalue weighted by Gasteiger charge is -2.10. The lowest BCUT2D eigenvalue weighted by Crippen LogP contribution is -2.23. The Morgan fingerprint density at radius 3 is 2.72 bits per heavy atom. The quantitative estimate of drug-likeness (QED) is 0.670. The summed E-state index contributed by atoms with van der Waals surface area (Å²) in [4.78, 5) is 29.1. The van der Waals surface area contributed by atoms with Crippen molar-refractivity contribution in [3.8, 4) is 17.1 Å². The second-order valence-electron chi connectivity index (χ2n) is 6.65. The van der Waals surface area contributed by atoms with Crippen LogP contribution in [0.3, 0.4) is 0 Å². The van der Waals surface area contributed by atoms with Crippen molar-refractivity contribution in [1.82, 2.24) is 14.8 Å². The number of carbonyl (C=O) groups is 2. The van der Waals surface area contributed by atoms with E-state index in [1.165, 1.54) is 4.68 Å². The number of aromatic nitrogens is 3. The number of hydrogen-bond donors (Lipinski definition) is 2. The van der Waals surface area contributed by atoms with Gasteiger partial charge in [-0.1, -0.05) is 17.7 Å². The Bertz CT molecular complexity index is 1090. The van der Waals surface area contributed by atoms with Crippen LogP contribution in [0.2, 0.25) is 5.02 Å². The van der Waals surface area contributed by atoms with Crippen LogP contribution in [-0.4, -0.2) is 33.7 Å². The highest BCUT2D eigenvalue weighted by atomic mass is 35.5. The van der Waals surface area contributed by atoms with E-state index >= 15 is 0 Å². The summed E-state index contributed by atoms with van der Waals surface area (Å²) < 4.78 is 6.60. The predicted molar refractivity (Wildman–Crippen MR) is 109 cm³/mol. The number of benzene rings is 2. The van der Waals surface area contributed by atoms with E-state index in [4.69, 9.17) is 16.3 Å². The number of hydrogen-bond acceptors (Lipinski definition) is 5. The Balaban J connectivity index is 1.50. The lowest BCUT2D eigenvalue weighted by atomic mass is 10.2. The van der Waals surface area contributed by atoms with E-state index in [0.717, 1.165) is 16.9 Å². The van der Waals surface area contributed by atoms with Crippen LogP contribution in [0.5, 0.6) is 5.75 Å². The van der Waals surface area contributed by atoms with Crippen molar-refractivity contribution < 1.29 is 14.3 Å². The molecule has 0 radical (unpaired) electrons. The summed E-state index contributed by atoms with van der Waals surface area (Å²) in [6, 6.07) is 11.7. The Hall–Kier alpha value is -3.39. The molecule has 4 rings (SSSR count). The zero-order valence-corrected chi connectivity index (χ0v) is 16.5. The Morgan fingerprint density at radius 2 is 2.03 bits per heavy atom. The number of anilines is 2. The summed E-state index contributed by atoms with van der Waals surface area (Å²) in [6.45, 7) is 1.88. The van der Waals surface area contributed by atoms with Crippen molar-refractivity contribution in [3.63, 3.8) is 0 Å². The molecule has 1 aliphatic rings. The zero-order chi connectivity index (χ0) is 20.5. The number of nitrogens with zero attached hydrogens (tertiary/aromatic N) is 3. The number of nitrogens with one attached hydrogen (secondary N) is 2. The largest absolute Gasteiger partial charge is 0.497 e. The number of rotatable bonds is 5. The summed E-state index contributed by atoms with van der Waals surface area (Å²) >= 11 is 6.09. The van der Waals surface area contributed by atoms with E-state index in [0.29, 0.717) is 22.5 Å². The molecule has 9 heteroatoms. The highest BCUT2D eigenvalue weighted by molar-refractivity contribution is 6.31. The molecule has 8 nitrogen and oxygen atoms in total. The molecule has 0 bridgehead atoms. The molecule has 29 heavy (non-hydrogen) atoms. The van der Waals surface area contributed by atoms with Gasteiger partial charge in [0.15, 0.2) is 5.82 Å². The molecule has 3 aromatic rings. The third-order valence-electron chi connectivity index (χ3n) is 4.65. The van der Waals surface area contributed by atoms with E-state index in [-0.39, 0.29) is 18.2 Å². The molecule has 1 aromatic heterocycles. The highest BCUT2D eigenvalue weighted by Crippen LogP contribution is 2.29. The Labute approximate surface area is 171 Å². The van der Waals surface area contributed by atoms with Gasteiger partial charge in [-0.2, -0.15) is 4.98 Å². The second-order valence-corrected chi connectivity index (χ2v) is 7.06. The molecule has 0 fully saturated rings. The fourth-order valence-electron chi connectivity index (χ4n) is 3.03. The molecule has 1 aliphatic heterocycles. The number of aryl methyl sites for hydroxylation is 1. The van der Waals surface area contributed by atoms with Crippen LogP contribution in [0.15, 0.2) is 42.5 Å². The molecule has 148 valence electrons. The molecule has 0 aliphatic carbocycles. The Morgan fingerprint density at radius 1 is 1.28 bits per heavy atom. The highest BCUT2D eigenvalue weighted by Gasteiger charge is 2.35. The summed E-state index contributed by atoms with van der Waals surface area (Å²) in [6.07, 6.45) is -0.0737. The summed E-state index contributed by atoms with van der Waals surface area (Å²) in [5, 5.41) is 10.4. The summed E-state index contributed by atoms with van der Waals surface area (Å²) in [7, 11) is 1.59. The fourth-order valence-corrected chi connectivity index (χ4v) is 3.21. The number of carbonyl (C=O) groups excluding carboxylic acids is 2. The van der Waals surface area contributed by atoms with Crippen molar-refractivity contribution in [2.45, 2.75) is 19.4 Å². The van der Waals surface area contributed by atoms with Gasteiger partial charge in [0.2, 0.25) is 11.9 Å². The van der Waals surface area contributed by atoms with Gasteiger partial charge in [0, 0.05) is 16.3 Å². The van der Waals surface area contributed by atoms with Gasteiger partial charge < -0.3 is 10.1 Å². The molecule has 2 amide bonds. The van der Waals surface area contributed by atoms with Crippen molar-refractivity contribution in [3.05, 3.63) is 53.1 Å². The van der Waals surface area contributed by atoms with Crippen LogP contribution in [-0.2, 0) is 9.59 Å². The first-order chi connectivity index (χ1) is 13.9. The third kappa shape index (κ3) is 3.79. The maximum absolute atomic E-state index is 12.5. The monoisotopic (exact) mass is 411 g/mol. The van der Waals surface area contributed by atoms with Gasteiger partial charge in [-0.05, 0) is 48.9 Å². The Kier molecular flexibility index (Phi) is 4.94. The second kappa shape index (κ2) is 7.56. The molecular weight excluding hydrogens is 394 g/mol. The van der Waals surface area contributed by atoms with Gasteiger partial charge >= 0.3 is 0 Å². The van der Waals surface area contributed by atoms with E-state index < -0.39 is 6.04 Å². The number of amides is 2. The standard InChI is InChI=1S/C20H18ClN5O3/c1-11-3-6-13(9-15(11)21)22-17(27)10-16-19(28)24-20-23-18(25-26(16)20)12-4-7-14(29-2)8-5-12/h3-9,16H,10H2,1-2H3,(H,22,27)(H,23,24,25,28)/t16-/m1/s1. The third-order valence-corrected chi connectivity index (χ3v) is 5.05. The molecular formula is C20H18ClN5O3. The average Bonchev–Trinajstić information content (AvgIpc) is 3.23. The average molecular weight is 412 g/mol. The van der Waals surface area contributed by atoms with Gasteiger partial charge in [0.25, 0.3) is 5.91 Å². The SMILES string of the molecule is COc1ccc(-c2nc3n(n2)[C@H](CC(=O)Nc2ccc(C)c(Cl)c2)C(=O)N3)cc1. The maximum Gasteiger partial charge on any atom is 0.252 e. The van der Waals surface area contributed by atoms with Gasteiger partial charge in [-0.3, -0.25) is 14.9 Å². The smallest absolute Gasteiger partial charge is 0.252 e. The molecule has 1 atom stereocenters. The van der Waals surface area contributed by atoms with Crippen LogP contribution in [0.1, 0.15) is 18.0 Å². The summed E-state index contributed by atoms with van der Waals surface area (Å²) in [5.74, 6) is 0.854. The van der Waals surface area contributed by atoms with E-state index in [2.05, 4.69) is 20.7 Å². The summed E-state index contributed by atoms with van der Waals surface area (Å²) in [5.41, 5.74) is 2.26. The molecule has 2 aromatic carbocycles. The molecule has 0 unspecified atom stereocenters. The van der Waals surface area contributed by atoms with Gasteiger partial charge in [0.1, 0.15) is 11.8 Å². The zero-order valence-electron chi connectivity index (χ0n) is 15.8. The first kappa shape index (κ1) is 18.9. The minimum Gasteiger partial charge on any atom is -0.497 e. The van der Waals surface area contributed by atoms with Crippen LogP contribution in [0.4, 0.5) is 11.6 Å². The normalized spacial score (nSPS) is 15.0. The van der Waals surface area contributed by atoms with Crippen LogP contribution < -0.4 is 15.4 Å². The topological polar surface area (TPSA) is 98.1 Å². The van der Waals surface area contributed by atoms with E-state index in [9.17, 15) is 9.59 Å². The van der Waals surface area contributed by atoms with E-state index in [1.807, 2.05) is 25.1 Å². The van der Waals surface area contributed by atoms with Crippen LogP contribution >= 0.6 is 11.6 Å². The first-order valence-electron chi connectivity index (χ1n) is 8.92. The molecule has 2 heterocycles. The van der Waals surface area contributed by atoms with Gasteiger partial charge in [-0.25, -0.2) is 4.68 Å². The van der Waals surface area contributed by atoms with Crippen molar-refractivity contribution >= 4 is 35.1 Å². The minimum absolute atomic E-state index is 0.0737. The van der Waals surface area contributed by atoms with Crippen molar-refractivity contribution in [1.29, 1.82) is 0 Å². The minimum atomic E-state index is -0.773. The number of halogens is 1.